The first-order valence-corrected chi connectivity index (χ1v) is 8.58. The van der Waals surface area contributed by atoms with Crippen molar-refractivity contribution in [1.29, 1.82) is 0 Å². The van der Waals surface area contributed by atoms with Crippen molar-refractivity contribution in [2.45, 2.75) is 6.04 Å². The lowest BCUT2D eigenvalue weighted by molar-refractivity contribution is 0.136. The van der Waals surface area contributed by atoms with Gasteiger partial charge in [-0.25, -0.2) is 4.98 Å². The number of aromatic hydroxyl groups is 1. The zero-order chi connectivity index (χ0) is 17.1. The molecule has 0 saturated heterocycles. The van der Waals surface area contributed by atoms with Crippen LogP contribution in [0.15, 0.2) is 30.6 Å². The van der Waals surface area contributed by atoms with E-state index in [4.69, 9.17) is 11.6 Å². The first-order chi connectivity index (χ1) is 11.7. The smallest absolute Gasteiger partial charge is 0.230 e. The van der Waals surface area contributed by atoms with Gasteiger partial charge in [-0.05, 0) is 11.6 Å². The number of benzene rings is 1. The molecule has 0 aliphatic carbocycles. The normalized spacial score (nSPS) is 13.0. The molecule has 0 spiro atoms. The molecule has 0 fully saturated rings. The molecule has 24 heavy (non-hydrogen) atoms. The van der Waals surface area contributed by atoms with Crippen LogP contribution in [0.2, 0.25) is 5.02 Å². The number of aromatic nitrogens is 3. The Morgan fingerprint density at radius 1 is 1.21 bits per heavy atom. The zero-order valence-corrected chi connectivity index (χ0v) is 14.3. The van der Waals surface area contributed by atoms with Gasteiger partial charge in [0.15, 0.2) is 0 Å². The minimum Gasteiger partial charge on any atom is -0.492 e. The lowest BCUT2D eigenvalue weighted by Gasteiger charge is -2.30. The van der Waals surface area contributed by atoms with Crippen molar-refractivity contribution in [3.8, 4) is 5.88 Å². The second-order valence-electron chi connectivity index (χ2n) is 5.15. The van der Waals surface area contributed by atoms with Gasteiger partial charge in [-0.15, -0.1) is 0 Å². The Kier molecular flexibility index (Phi) is 5.32. The van der Waals surface area contributed by atoms with Crippen LogP contribution >= 0.6 is 22.9 Å². The molecule has 7 nitrogen and oxygen atoms in total. The van der Waals surface area contributed by atoms with Crippen molar-refractivity contribution >= 4 is 27.9 Å². The molecule has 1 unspecified atom stereocenters. The van der Waals surface area contributed by atoms with Crippen LogP contribution < -0.4 is 0 Å². The monoisotopic (exact) mass is 368 g/mol. The number of aliphatic hydroxyl groups excluding tert-OH is 2. The highest BCUT2D eigenvalue weighted by Crippen LogP contribution is 2.41. The molecule has 0 amide bonds. The Balaban J connectivity index is 2.15. The highest BCUT2D eigenvalue weighted by Gasteiger charge is 2.30. The standard InChI is InChI=1S/C15H17ClN4O3S/c16-11-4-2-1-3-10(11)12(19(5-7-21)6-8-22)13-14(23)20-15(24-13)17-9-18-20/h1-4,9,12,21-23H,5-8H2. The van der Waals surface area contributed by atoms with E-state index in [2.05, 4.69) is 10.1 Å². The van der Waals surface area contributed by atoms with Crippen molar-refractivity contribution in [2.24, 2.45) is 0 Å². The molecule has 0 aliphatic heterocycles. The first-order valence-electron chi connectivity index (χ1n) is 7.39. The van der Waals surface area contributed by atoms with Crippen LogP contribution in [0.1, 0.15) is 16.5 Å². The number of rotatable bonds is 7. The Morgan fingerprint density at radius 2 is 1.92 bits per heavy atom. The molecule has 2 heterocycles. The van der Waals surface area contributed by atoms with Crippen LogP contribution in [0.3, 0.4) is 0 Å². The molecule has 1 atom stereocenters. The average molecular weight is 369 g/mol. The quantitative estimate of drug-likeness (QED) is 0.585. The van der Waals surface area contributed by atoms with Gasteiger partial charge in [-0.3, -0.25) is 4.90 Å². The Bertz CT molecular complexity index is 816. The fourth-order valence-corrected chi connectivity index (χ4v) is 4.02. The fraction of sp³-hybridized carbons (Fsp3) is 0.333. The van der Waals surface area contributed by atoms with Crippen LogP contribution in [-0.2, 0) is 0 Å². The van der Waals surface area contributed by atoms with Crippen molar-refractivity contribution in [1.82, 2.24) is 19.5 Å². The van der Waals surface area contributed by atoms with E-state index in [0.717, 1.165) is 5.56 Å². The molecular weight excluding hydrogens is 352 g/mol. The first kappa shape index (κ1) is 17.1. The molecule has 0 bridgehead atoms. The molecule has 9 heteroatoms. The third-order valence-electron chi connectivity index (χ3n) is 3.73. The molecule has 128 valence electrons. The van der Waals surface area contributed by atoms with Crippen molar-refractivity contribution in [2.75, 3.05) is 26.3 Å². The predicted octanol–water partition coefficient (Wildman–Crippen LogP) is 1.53. The summed E-state index contributed by atoms with van der Waals surface area (Å²) in [5.41, 5.74) is 0.779. The second-order valence-corrected chi connectivity index (χ2v) is 6.57. The van der Waals surface area contributed by atoms with E-state index in [1.807, 2.05) is 23.1 Å². The Labute approximate surface area is 147 Å². The van der Waals surface area contributed by atoms with Gasteiger partial charge in [-0.2, -0.15) is 9.61 Å². The number of nitrogens with zero attached hydrogens (tertiary/aromatic N) is 4. The summed E-state index contributed by atoms with van der Waals surface area (Å²) in [6.45, 7) is 0.484. The number of thiazole rings is 1. The van der Waals surface area contributed by atoms with E-state index in [9.17, 15) is 15.3 Å². The van der Waals surface area contributed by atoms with Crippen LogP contribution in [0, 0.1) is 0 Å². The lowest BCUT2D eigenvalue weighted by Crippen LogP contribution is -2.34. The maximum atomic E-state index is 10.6. The SMILES string of the molecule is OCCN(CCO)C(c1ccccc1Cl)c1sc2ncnn2c1O. The van der Waals surface area contributed by atoms with Gasteiger partial charge in [0.25, 0.3) is 0 Å². The van der Waals surface area contributed by atoms with E-state index in [-0.39, 0.29) is 19.1 Å². The van der Waals surface area contributed by atoms with Gasteiger partial charge in [-0.1, -0.05) is 41.1 Å². The summed E-state index contributed by atoms with van der Waals surface area (Å²) in [5.74, 6) is -0.0155. The molecule has 1 aromatic carbocycles. The van der Waals surface area contributed by atoms with E-state index < -0.39 is 6.04 Å². The summed E-state index contributed by atoms with van der Waals surface area (Å²) < 4.78 is 1.36. The number of halogens is 1. The van der Waals surface area contributed by atoms with Crippen LogP contribution in [-0.4, -0.2) is 61.1 Å². The lowest BCUT2D eigenvalue weighted by atomic mass is 10.0. The third-order valence-corrected chi connectivity index (χ3v) is 5.16. The number of hydrogen-bond donors (Lipinski definition) is 3. The molecule has 0 saturated carbocycles. The number of fused-ring (bicyclic) bond motifs is 1. The molecule has 0 aliphatic rings. The topological polar surface area (TPSA) is 94.1 Å². The van der Waals surface area contributed by atoms with E-state index in [1.54, 1.807) is 6.07 Å². The van der Waals surface area contributed by atoms with Gasteiger partial charge in [0.05, 0.1) is 24.1 Å². The molecular formula is C15H17ClN4O3S. The Hall–Kier alpha value is -1.71. The molecule has 3 aromatic rings. The maximum absolute atomic E-state index is 10.6. The van der Waals surface area contributed by atoms with E-state index >= 15 is 0 Å². The van der Waals surface area contributed by atoms with E-state index in [1.165, 1.54) is 22.2 Å². The van der Waals surface area contributed by atoms with Crippen molar-refractivity contribution in [3.05, 3.63) is 46.1 Å². The predicted molar refractivity (Wildman–Crippen MR) is 91.6 cm³/mol. The highest BCUT2D eigenvalue weighted by molar-refractivity contribution is 7.17. The van der Waals surface area contributed by atoms with Gasteiger partial charge in [0.2, 0.25) is 10.8 Å². The highest BCUT2D eigenvalue weighted by atomic mass is 35.5. The van der Waals surface area contributed by atoms with Crippen LogP contribution in [0.4, 0.5) is 0 Å². The average Bonchev–Trinajstić information content (AvgIpc) is 3.14. The number of aliphatic hydroxyl groups is 2. The third kappa shape index (κ3) is 3.11. The Morgan fingerprint density at radius 3 is 2.54 bits per heavy atom. The summed E-state index contributed by atoms with van der Waals surface area (Å²) in [6, 6.07) is 6.90. The second kappa shape index (κ2) is 7.45. The largest absolute Gasteiger partial charge is 0.492 e. The summed E-state index contributed by atoms with van der Waals surface area (Å²) in [7, 11) is 0. The van der Waals surface area contributed by atoms with Gasteiger partial charge in [0, 0.05) is 18.1 Å². The molecule has 2 aromatic heterocycles. The molecule has 3 N–H and O–H groups in total. The van der Waals surface area contributed by atoms with Crippen molar-refractivity contribution in [3.63, 3.8) is 0 Å². The van der Waals surface area contributed by atoms with Gasteiger partial charge in [0.1, 0.15) is 6.33 Å². The summed E-state index contributed by atoms with van der Waals surface area (Å²) in [6.07, 6.45) is 1.37. The van der Waals surface area contributed by atoms with Gasteiger partial charge >= 0.3 is 0 Å². The molecule has 0 radical (unpaired) electrons. The summed E-state index contributed by atoms with van der Waals surface area (Å²) in [5, 5.41) is 33.9. The van der Waals surface area contributed by atoms with Crippen LogP contribution in [0.5, 0.6) is 5.88 Å². The van der Waals surface area contributed by atoms with Gasteiger partial charge < -0.3 is 15.3 Å². The molecule has 3 rings (SSSR count). The summed E-state index contributed by atoms with van der Waals surface area (Å²) >= 11 is 7.67. The van der Waals surface area contributed by atoms with Crippen LogP contribution in [0.25, 0.3) is 4.96 Å². The fourth-order valence-electron chi connectivity index (χ4n) is 2.70. The minimum atomic E-state index is -0.425. The summed E-state index contributed by atoms with van der Waals surface area (Å²) in [4.78, 5) is 7.15. The minimum absolute atomic E-state index is 0.0155. The number of hydrogen-bond acceptors (Lipinski definition) is 7. The zero-order valence-electron chi connectivity index (χ0n) is 12.7. The van der Waals surface area contributed by atoms with Crippen molar-refractivity contribution < 1.29 is 15.3 Å². The van der Waals surface area contributed by atoms with E-state index in [0.29, 0.717) is 28.0 Å². The maximum Gasteiger partial charge on any atom is 0.230 e.